The Hall–Kier alpha value is -0.680. The molecule has 3 aliphatic heterocycles. The lowest BCUT2D eigenvalue weighted by atomic mass is 9.84. The predicted octanol–water partition coefficient (Wildman–Crippen LogP) is -6.05. The quantitative estimate of drug-likeness (QED) is 0.118. The molecule has 0 amide bonds. The van der Waals surface area contributed by atoms with Gasteiger partial charge in [-0.05, 0) is 45.6 Å². The summed E-state index contributed by atoms with van der Waals surface area (Å²) in [6, 6.07) is -3.57. The lowest BCUT2D eigenvalue weighted by molar-refractivity contribution is -0.374. The van der Waals surface area contributed by atoms with E-state index in [1.165, 1.54) is 0 Å². The Morgan fingerprint density at radius 1 is 0.682 bits per heavy atom. The maximum Gasteiger partial charge on any atom is 0.189 e. The number of aliphatic hydroxyl groups is 6. The van der Waals surface area contributed by atoms with E-state index in [1.54, 1.807) is 7.05 Å². The molecular weight excluding hydrogens is 584 g/mol. The van der Waals surface area contributed by atoms with Crippen molar-refractivity contribution in [1.82, 2.24) is 10.6 Å². The first-order chi connectivity index (χ1) is 20.9. The number of fused-ring (bicyclic) bond motifs is 1. The van der Waals surface area contributed by atoms with Crippen LogP contribution in [0.3, 0.4) is 0 Å². The topological polar surface area (TPSA) is 296 Å². The first-order valence-corrected chi connectivity index (χ1v) is 15.7. The molecule has 0 bridgehead atoms. The van der Waals surface area contributed by atoms with Gasteiger partial charge in [0.25, 0.3) is 0 Å². The van der Waals surface area contributed by atoms with Gasteiger partial charge in [-0.1, -0.05) is 0 Å². The van der Waals surface area contributed by atoms with Crippen molar-refractivity contribution < 1.29 is 54.3 Å². The highest BCUT2D eigenvalue weighted by molar-refractivity contribution is 5.02. The third kappa shape index (κ3) is 7.09. The Morgan fingerprint density at radius 3 is 2.05 bits per heavy atom. The van der Waals surface area contributed by atoms with Crippen LogP contribution in [0.1, 0.15) is 38.5 Å². The van der Waals surface area contributed by atoms with Crippen LogP contribution in [0.25, 0.3) is 0 Å². The van der Waals surface area contributed by atoms with E-state index < -0.39 is 111 Å². The molecule has 17 heteroatoms. The summed E-state index contributed by atoms with van der Waals surface area (Å²) in [6.07, 6.45) is -10.1. The molecule has 256 valence electrons. The average molecular weight is 637 g/mol. The zero-order valence-corrected chi connectivity index (χ0v) is 25.0. The molecule has 17 atom stereocenters. The number of nitrogens with two attached hydrogens (primary N) is 4. The van der Waals surface area contributed by atoms with Crippen molar-refractivity contribution in [3.63, 3.8) is 0 Å². The van der Waals surface area contributed by atoms with E-state index in [-0.39, 0.29) is 24.9 Å². The molecule has 16 N–H and O–H groups in total. The fourth-order valence-corrected chi connectivity index (χ4v) is 7.19. The van der Waals surface area contributed by atoms with Gasteiger partial charge in [0.15, 0.2) is 18.9 Å². The largest absolute Gasteiger partial charge is 0.394 e. The maximum atomic E-state index is 11.3. The molecule has 0 spiro atoms. The van der Waals surface area contributed by atoms with Crippen molar-refractivity contribution in [3.05, 3.63) is 0 Å². The molecule has 0 radical (unpaired) electrons. The normalized spacial score (nSPS) is 53.7. The molecule has 0 aromatic carbocycles. The Balaban J connectivity index is 1.22. The van der Waals surface area contributed by atoms with Crippen LogP contribution in [0.4, 0.5) is 0 Å². The van der Waals surface area contributed by atoms with Gasteiger partial charge in [-0.25, -0.2) is 0 Å². The van der Waals surface area contributed by atoms with Gasteiger partial charge in [0, 0.05) is 24.2 Å². The lowest BCUT2D eigenvalue weighted by Gasteiger charge is -2.51. The summed E-state index contributed by atoms with van der Waals surface area (Å²) in [5.41, 5.74) is 24.4. The minimum atomic E-state index is -1.49. The van der Waals surface area contributed by atoms with Crippen LogP contribution in [0, 0.1) is 0 Å². The van der Waals surface area contributed by atoms with Crippen molar-refractivity contribution in [2.75, 3.05) is 13.7 Å². The Kier molecular flexibility index (Phi) is 11.5. The third-order valence-electron chi connectivity index (χ3n) is 9.89. The second-order valence-corrected chi connectivity index (χ2v) is 13.0. The molecule has 2 saturated carbocycles. The summed E-state index contributed by atoms with van der Waals surface area (Å²) >= 11 is 0. The molecule has 0 aromatic heterocycles. The molecule has 5 rings (SSSR count). The predicted molar refractivity (Wildman–Crippen MR) is 152 cm³/mol. The minimum Gasteiger partial charge on any atom is -0.394 e. The Morgan fingerprint density at radius 2 is 1.39 bits per heavy atom. The average Bonchev–Trinajstić information content (AvgIpc) is 2.99. The number of nitrogens with one attached hydrogen (secondary N) is 2. The van der Waals surface area contributed by atoms with E-state index in [4.69, 9.17) is 46.6 Å². The van der Waals surface area contributed by atoms with Crippen molar-refractivity contribution in [1.29, 1.82) is 0 Å². The van der Waals surface area contributed by atoms with Crippen LogP contribution in [0.2, 0.25) is 0 Å². The van der Waals surface area contributed by atoms with E-state index in [0.717, 1.165) is 25.7 Å². The van der Waals surface area contributed by atoms with Gasteiger partial charge in [-0.3, -0.25) is 0 Å². The summed E-state index contributed by atoms with van der Waals surface area (Å²) in [7, 11) is 1.58. The Bertz CT molecular complexity index is 920. The number of ether oxygens (including phenoxy) is 5. The maximum absolute atomic E-state index is 11.3. The molecule has 2 aliphatic carbocycles. The summed E-state index contributed by atoms with van der Waals surface area (Å²) in [4.78, 5) is 0. The zero-order valence-electron chi connectivity index (χ0n) is 25.0. The van der Waals surface area contributed by atoms with Crippen LogP contribution < -0.4 is 33.6 Å². The molecule has 0 aromatic rings. The van der Waals surface area contributed by atoms with Crippen LogP contribution in [0.15, 0.2) is 0 Å². The van der Waals surface area contributed by atoms with E-state index in [2.05, 4.69) is 10.6 Å². The van der Waals surface area contributed by atoms with Crippen molar-refractivity contribution in [2.24, 2.45) is 22.9 Å². The van der Waals surface area contributed by atoms with E-state index in [9.17, 15) is 30.6 Å². The van der Waals surface area contributed by atoms with E-state index >= 15 is 0 Å². The van der Waals surface area contributed by atoms with Gasteiger partial charge in [-0.2, -0.15) is 0 Å². The number of likely N-dealkylation sites (N-methyl/N-ethyl adjacent to an activating group) is 1. The smallest absolute Gasteiger partial charge is 0.189 e. The van der Waals surface area contributed by atoms with Crippen molar-refractivity contribution >= 4 is 0 Å². The summed E-state index contributed by atoms with van der Waals surface area (Å²) in [5, 5.41) is 70.5. The number of hydrogen-bond donors (Lipinski definition) is 12. The molecule has 9 unspecified atom stereocenters. The number of hydrogen-bond acceptors (Lipinski definition) is 17. The van der Waals surface area contributed by atoms with Gasteiger partial charge in [0.1, 0.15) is 42.7 Å². The van der Waals surface area contributed by atoms with Gasteiger partial charge in [0.05, 0.1) is 36.9 Å². The monoisotopic (exact) mass is 636 g/mol. The highest BCUT2D eigenvalue weighted by atomic mass is 16.8. The summed E-state index contributed by atoms with van der Waals surface area (Å²) in [6.45, 7) is -0.436. The highest BCUT2D eigenvalue weighted by Gasteiger charge is 2.54. The van der Waals surface area contributed by atoms with Gasteiger partial charge < -0.3 is 87.9 Å². The molecule has 17 nitrogen and oxygen atoms in total. The summed E-state index contributed by atoms with van der Waals surface area (Å²) < 4.78 is 30.1. The minimum absolute atomic E-state index is 0.0577. The second kappa shape index (κ2) is 14.6. The van der Waals surface area contributed by atoms with Crippen LogP contribution in [0.5, 0.6) is 0 Å². The fourth-order valence-electron chi connectivity index (χ4n) is 7.19. The molecule has 3 saturated heterocycles. The lowest BCUT2D eigenvalue weighted by Crippen LogP contribution is -2.70. The first-order valence-electron chi connectivity index (χ1n) is 15.7. The van der Waals surface area contributed by atoms with Crippen molar-refractivity contribution in [3.8, 4) is 0 Å². The SMILES string of the molecule is CNC1C(O[C@H]2OC(CO)[C@@H](N[C@H]3CC[C@@H](N)CC3)[C@H](O)C2O)O[C@H]2CC(N)[C@@H](O[C@@H]3C(N)C[C@@H](N)C(O)[C@H]3O)OC2C1O. The molecule has 44 heavy (non-hydrogen) atoms. The molecule has 3 heterocycles. The zero-order chi connectivity index (χ0) is 31.9. The second-order valence-electron chi connectivity index (χ2n) is 13.0. The number of aliphatic hydroxyl groups excluding tert-OH is 6. The third-order valence-corrected chi connectivity index (χ3v) is 9.89. The fraction of sp³-hybridized carbons (Fsp3) is 1.00. The first kappa shape index (κ1) is 34.6. The van der Waals surface area contributed by atoms with Crippen LogP contribution in [-0.2, 0) is 23.7 Å². The molecule has 5 fully saturated rings. The Labute approximate surface area is 256 Å². The highest BCUT2D eigenvalue weighted by Crippen LogP contribution is 2.36. The van der Waals surface area contributed by atoms with Crippen LogP contribution >= 0.6 is 0 Å². The van der Waals surface area contributed by atoms with Crippen molar-refractivity contribution in [2.45, 2.75) is 155 Å². The van der Waals surface area contributed by atoms with E-state index in [1.807, 2.05) is 0 Å². The molecule has 5 aliphatic rings. The standard InChI is InChI=1S/C27H52N6O11/c1-32-17-20(37)24-14(7-13(31)25(43-24)42-23-12(30)6-11(29)18(35)21(23)38)40-26(17)44-27-22(39)19(36)16(15(8-34)41-27)33-10-4-2-9(28)3-5-10/h9-27,32-39H,2-8,28-31H2,1H3/t9-,10+,11-,12?,13?,14+,15?,16-,17?,18?,19+,20?,21-,22?,23-,24?,25+,26?,27-/m1/s1. The molecular formula is C27H52N6O11. The van der Waals surface area contributed by atoms with E-state index in [0.29, 0.717) is 0 Å². The van der Waals surface area contributed by atoms with Crippen LogP contribution in [-0.4, -0.2) is 160 Å². The van der Waals surface area contributed by atoms with Gasteiger partial charge in [-0.15, -0.1) is 0 Å². The summed E-state index contributed by atoms with van der Waals surface area (Å²) in [5.74, 6) is 0. The number of rotatable bonds is 8. The van der Waals surface area contributed by atoms with Gasteiger partial charge >= 0.3 is 0 Å². The van der Waals surface area contributed by atoms with Gasteiger partial charge in [0.2, 0.25) is 0 Å².